The molecule has 1 N–H and O–H groups in total. The fourth-order valence-corrected chi connectivity index (χ4v) is 2.73. The maximum Gasteiger partial charge on any atom is 0.138 e. The van der Waals surface area contributed by atoms with Crippen LogP contribution in [0.2, 0.25) is 0 Å². The maximum absolute atomic E-state index is 4.83. The lowest BCUT2D eigenvalue weighted by molar-refractivity contribution is 1.33. The average Bonchev–Trinajstić information content (AvgIpc) is 3.00. The zero-order valence-corrected chi connectivity index (χ0v) is 12.4. The van der Waals surface area contributed by atoms with Gasteiger partial charge in [0.2, 0.25) is 0 Å². The minimum Gasteiger partial charge on any atom is -0.338 e. The van der Waals surface area contributed by atoms with Crippen LogP contribution in [0.3, 0.4) is 0 Å². The lowest BCUT2D eigenvalue weighted by Crippen LogP contribution is -1.81. The van der Waals surface area contributed by atoms with E-state index in [2.05, 4.69) is 78.6 Å². The van der Waals surface area contributed by atoms with E-state index < -0.39 is 0 Å². The van der Waals surface area contributed by atoms with E-state index in [-0.39, 0.29) is 0 Å². The number of nitrogens with zero attached hydrogens (tertiary/aromatic N) is 1. The molecular weight excluding hydrogens is 268 g/mol. The predicted molar refractivity (Wildman–Crippen MR) is 91.7 cm³/mol. The van der Waals surface area contributed by atoms with Crippen molar-refractivity contribution in [1.29, 1.82) is 0 Å². The van der Waals surface area contributed by atoms with E-state index in [1.165, 1.54) is 11.1 Å². The SMILES string of the molecule is Cc1ccc(-c2nc3c(-c4ccccc4)cccc3[nH]2)cc1. The summed E-state index contributed by atoms with van der Waals surface area (Å²) in [6, 6.07) is 25.1. The molecule has 0 amide bonds. The van der Waals surface area contributed by atoms with Gasteiger partial charge in [-0.15, -0.1) is 0 Å². The maximum atomic E-state index is 4.83. The van der Waals surface area contributed by atoms with Crippen molar-refractivity contribution in [1.82, 2.24) is 9.97 Å². The molecule has 106 valence electrons. The van der Waals surface area contributed by atoms with Gasteiger partial charge in [0.15, 0.2) is 0 Å². The molecule has 0 radical (unpaired) electrons. The number of H-pyrrole nitrogens is 1. The van der Waals surface area contributed by atoms with Crippen LogP contribution in [0.5, 0.6) is 0 Å². The lowest BCUT2D eigenvalue weighted by Gasteiger charge is -2.01. The van der Waals surface area contributed by atoms with Crippen molar-refractivity contribution in [3.8, 4) is 22.5 Å². The van der Waals surface area contributed by atoms with E-state index in [1.54, 1.807) is 0 Å². The first-order valence-electron chi connectivity index (χ1n) is 7.42. The number of aryl methyl sites for hydroxylation is 1. The molecule has 0 atom stereocenters. The van der Waals surface area contributed by atoms with Crippen LogP contribution >= 0.6 is 0 Å². The van der Waals surface area contributed by atoms with Gasteiger partial charge in [0.25, 0.3) is 0 Å². The van der Waals surface area contributed by atoms with Crippen LogP contribution < -0.4 is 0 Å². The third-order valence-corrected chi connectivity index (χ3v) is 3.92. The molecule has 0 saturated carbocycles. The van der Waals surface area contributed by atoms with Crippen molar-refractivity contribution in [2.75, 3.05) is 0 Å². The van der Waals surface area contributed by atoms with Gasteiger partial charge in [-0.05, 0) is 18.6 Å². The lowest BCUT2D eigenvalue weighted by atomic mass is 10.0. The largest absolute Gasteiger partial charge is 0.338 e. The number of fused-ring (bicyclic) bond motifs is 1. The number of hydrogen-bond acceptors (Lipinski definition) is 1. The van der Waals surface area contributed by atoms with Crippen molar-refractivity contribution in [3.63, 3.8) is 0 Å². The van der Waals surface area contributed by atoms with Crippen LogP contribution in [0, 0.1) is 6.92 Å². The number of aromatic amines is 1. The van der Waals surface area contributed by atoms with Crippen LogP contribution in [0.1, 0.15) is 5.56 Å². The highest BCUT2D eigenvalue weighted by Crippen LogP contribution is 2.29. The highest BCUT2D eigenvalue weighted by Gasteiger charge is 2.09. The predicted octanol–water partition coefficient (Wildman–Crippen LogP) is 5.21. The standard InChI is InChI=1S/C20H16N2/c1-14-10-12-16(13-11-14)20-21-18-9-5-8-17(19(18)22-20)15-6-3-2-4-7-15/h2-13H,1H3,(H,21,22). The molecule has 4 aromatic rings. The number of benzene rings is 3. The molecule has 0 unspecified atom stereocenters. The quantitative estimate of drug-likeness (QED) is 0.538. The Balaban J connectivity index is 1.89. The first-order chi connectivity index (χ1) is 10.8. The molecule has 3 aromatic carbocycles. The van der Waals surface area contributed by atoms with Gasteiger partial charge >= 0.3 is 0 Å². The molecule has 0 aliphatic heterocycles. The zero-order valence-electron chi connectivity index (χ0n) is 12.4. The Morgan fingerprint density at radius 2 is 1.50 bits per heavy atom. The number of aromatic nitrogens is 2. The highest BCUT2D eigenvalue weighted by atomic mass is 14.9. The van der Waals surface area contributed by atoms with Gasteiger partial charge in [-0.1, -0.05) is 72.3 Å². The van der Waals surface area contributed by atoms with Crippen molar-refractivity contribution in [2.24, 2.45) is 0 Å². The fraction of sp³-hybridized carbons (Fsp3) is 0.0500. The highest BCUT2D eigenvalue weighted by molar-refractivity contribution is 5.93. The van der Waals surface area contributed by atoms with Crippen LogP contribution in [-0.2, 0) is 0 Å². The van der Waals surface area contributed by atoms with E-state index >= 15 is 0 Å². The topological polar surface area (TPSA) is 28.7 Å². The molecule has 4 rings (SSSR count). The molecule has 0 aliphatic rings. The van der Waals surface area contributed by atoms with Gasteiger partial charge < -0.3 is 4.98 Å². The number of hydrogen-bond donors (Lipinski definition) is 1. The minimum absolute atomic E-state index is 0.915. The average molecular weight is 284 g/mol. The number of para-hydroxylation sites is 1. The van der Waals surface area contributed by atoms with E-state index in [0.717, 1.165) is 28.0 Å². The second-order valence-electron chi connectivity index (χ2n) is 5.52. The third-order valence-electron chi connectivity index (χ3n) is 3.92. The van der Waals surface area contributed by atoms with E-state index in [9.17, 15) is 0 Å². The van der Waals surface area contributed by atoms with Crippen LogP contribution in [0.15, 0.2) is 72.8 Å². The Morgan fingerprint density at radius 3 is 2.27 bits per heavy atom. The molecule has 0 fully saturated rings. The van der Waals surface area contributed by atoms with Crippen LogP contribution in [0.25, 0.3) is 33.5 Å². The zero-order chi connectivity index (χ0) is 14.9. The molecule has 0 saturated heterocycles. The smallest absolute Gasteiger partial charge is 0.138 e. The normalized spacial score (nSPS) is 11.0. The molecule has 1 heterocycles. The summed E-state index contributed by atoms with van der Waals surface area (Å²) in [5, 5.41) is 0. The molecule has 0 aliphatic carbocycles. The first kappa shape index (κ1) is 12.8. The van der Waals surface area contributed by atoms with E-state index in [1.807, 2.05) is 6.07 Å². The Kier molecular flexibility index (Phi) is 3.01. The summed E-state index contributed by atoms with van der Waals surface area (Å²) in [4.78, 5) is 8.26. The molecular formula is C20H16N2. The molecule has 2 heteroatoms. The third kappa shape index (κ3) is 2.19. The summed E-state index contributed by atoms with van der Waals surface area (Å²) in [6.07, 6.45) is 0. The number of rotatable bonds is 2. The summed E-state index contributed by atoms with van der Waals surface area (Å²) < 4.78 is 0. The van der Waals surface area contributed by atoms with Gasteiger partial charge in [-0.3, -0.25) is 0 Å². The number of imidazole rings is 1. The second-order valence-corrected chi connectivity index (χ2v) is 5.52. The summed E-state index contributed by atoms with van der Waals surface area (Å²) in [6.45, 7) is 2.09. The minimum atomic E-state index is 0.915. The Labute approximate surface area is 129 Å². The Morgan fingerprint density at radius 1 is 0.727 bits per heavy atom. The van der Waals surface area contributed by atoms with E-state index in [4.69, 9.17) is 4.98 Å². The summed E-state index contributed by atoms with van der Waals surface area (Å²) in [5.74, 6) is 0.915. The molecule has 0 bridgehead atoms. The van der Waals surface area contributed by atoms with Crippen molar-refractivity contribution >= 4 is 11.0 Å². The van der Waals surface area contributed by atoms with Crippen molar-refractivity contribution < 1.29 is 0 Å². The fourth-order valence-electron chi connectivity index (χ4n) is 2.73. The summed E-state index contributed by atoms with van der Waals surface area (Å²) in [7, 11) is 0. The molecule has 2 nitrogen and oxygen atoms in total. The van der Waals surface area contributed by atoms with E-state index in [0.29, 0.717) is 0 Å². The van der Waals surface area contributed by atoms with Crippen LogP contribution in [-0.4, -0.2) is 9.97 Å². The van der Waals surface area contributed by atoms with Gasteiger partial charge in [0.05, 0.1) is 11.0 Å². The molecule has 0 spiro atoms. The monoisotopic (exact) mass is 284 g/mol. The second kappa shape index (κ2) is 5.15. The molecule has 22 heavy (non-hydrogen) atoms. The Hall–Kier alpha value is -2.87. The van der Waals surface area contributed by atoms with Crippen LogP contribution in [0.4, 0.5) is 0 Å². The van der Waals surface area contributed by atoms with Gasteiger partial charge in [-0.2, -0.15) is 0 Å². The summed E-state index contributed by atoms with van der Waals surface area (Å²) >= 11 is 0. The number of nitrogens with one attached hydrogen (secondary N) is 1. The van der Waals surface area contributed by atoms with Gasteiger partial charge in [-0.25, -0.2) is 4.98 Å². The van der Waals surface area contributed by atoms with Gasteiger partial charge in [0.1, 0.15) is 5.82 Å². The summed E-state index contributed by atoms with van der Waals surface area (Å²) in [5.41, 5.74) is 6.80. The van der Waals surface area contributed by atoms with Crippen molar-refractivity contribution in [3.05, 3.63) is 78.4 Å². The van der Waals surface area contributed by atoms with Gasteiger partial charge in [0, 0.05) is 11.1 Å². The Bertz CT molecular complexity index is 919. The van der Waals surface area contributed by atoms with Crippen molar-refractivity contribution in [2.45, 2.75) is 6.92 Å². The molecule has 1 aromatic heterocycles. The first-order valence-corrected chi connectivity index (χ1v) is 7.42.